The van der Waals surface area contributed by atoms with E-state index in [1.165, 1.54) is 55.4 Å². The zero-order valence-electron chi connectivity index (χ0n) is 11.9. The van der Waals surface area contributed by atoms with E-state index < -0.39 is 0 Å². The molecule has 1 aromatic heterocycles. The molecule has 2 aromatic rings. The van der Waals surface area contributed by atoms with Gasteiger partial charge in [-0.05, 0) is 36.5 Å². The second kappa shape index (κ2) is 5.77. The molecule has 0 unspecified atom stereocenters. The van der Waals surface area contributed by atoms with Crippen LogP contribution in [0.3, 0.4) is 0 Å². The zero-order valence-corrected chi connectivity index (χ0v) is 11.9. The predicted octanol–water partition coefficient (Wildman–Crippen LogP) is 4.64. The lowest BCUT2D eigenvalue weighted by Gasteiger charge is -2.20. The van der Waals surface area contributed by atoms with Crippen molar-refractivity contribution in [3.8, 4) is 0 Å². The van der Waals surface area contributed by atoms with E-state index in [9.17, 15) is 0 Å². The van der Waals surface area contributed by atoms with Crippen molar-refractivity contribution < 1.29 is 0 Å². The maximum Gasteiger partial charge on any atom is 0.107 e. The van der Waals surface area contributed by atoms with Gasteiger partial charge >= 0.3 is 0 Å². The number of benzene rings is 1. The summed E-state index contributed by atoms with van der Waals surface area (Å²) in [5.74, 6) is 2.11. The molecule has 0 bridgehead atoms. The number of aromatic amines is 1. The molecule has 1 aliphatic carbocycles. The predicted molar refractivity (Wildman–Crippen MR) is 80.4 cm³/mol. The van der Waals surface area contributed by atoms with Gasteiger partial charge in [-0.15, -0.1) is 0 Å². The van der Waals surface area contributed by atoms with Gasteiger partial charge in [-0.2, -0.15) is 0 Å². The highest BCUT2D eigenvalue weighted by atomic mass is 14.9. The van der Waals surface area contributed by atoms with Crippen LogP contribution in [0.25, 0.3) is 11.0 Å². The molecule has 0 saturated heterocycles. The number of imidazole rings is 1. The minimum Gasteiger partial charge on any atom is -0.342 e. The van der Waals surface area contributed by atoms with Gasteiger partial charge in [0, 0.05) is 6.42 Å². The molecule has 1 aliphatic rings. The average molecular weight is 256 g/mol. The van der Waals surface area contributed by atoms with Crippen molar-refractivity contribution >= 4 is 11.0 Å². The van der Waals surface area contributed by atoms with E-state index in [2.05, 4.69) is 30.1 Å². The standard InChI is InChI=1S/C17H24N2/c1-2-13-8-10-15-16(12-13)19-17(18-15)11-9-14-6-4-3-5-7-14/h8,10,12,14H,2-7,9,11H2,1H3,(H,18,19). The average Bonchev–Trinajstić information content (AvgIpc) is 2.88. The third-order valence-corrected chi connectivity index (χ3v) is 4.52. The van der Waals surface area contributed by atoms with Gasteiger partial charge in [-0.3, -0.25) is 0 Å². The van der Waals surface area contributed by atoms with Crippen LogP contribution < -0.4 is 0 Å². The monoisotopic (exact) mass is 256 g/mol. The van der Waals surface area contributed by atoms with Crippen molar-refractivity contribution in [3.63, 3.8) is 0 Å². The molecule has 1 N–H and O–H groups in total. The zero-order chi connectivity index (χ0) is 13.1. The Balaban J connectivity index is 1.67. The molecule has 0 atom stereocenters. The fourth-order valence-corrected chi connectivity index (χ4v) is 3.26. The van der Waals surface area contributed by atoms with Crippen LogP contribution in [-0.4, -0.2) is 9.97 Å². The molecule has 1 fully saturated rings. The van der Waals surface area contributed by atoms with Gasteiger partial charge < -0.3 is 4.98 Å². The summed E-state index contributed by atoms with van der Waals surface area (Å²) in [6, 6.07) is 6.58. The van der Waals surface area contributed by atoms with Gasteiger partial charge in [0.2, 0.25) is 0 Å². The fraction of sp³-hybridized carbons (Fsp3) is 0.588. The summed E-state index contributed by atoms with van der Waals surface area (Å²) in [7, 11) is 0. The number of aromatic nitrogens is 2. The SMILES string of the molecule is CCc1ccc2nc(CCC3CCCCC3)[nH]c2c1. The van der Waals surface area contributed by atoms with Crippen LogP contribution in [0.2, 0.25) is 0 Å². The number of nitrogens with one attached hydrogen (secondary N) is 1. The highest BCUT2D eigenvalue weighted by molar-refractivity contribution is 5.75. The van der Waals surface area contributed by atoms with Crippen LogP contribution in [0.4, 0.5) is 0 Å². The van der Waals surface area contributed by atoms with Crippen LogP contribution in [0.15, 0.2) is 18.2 Å². The summed E-state index contributed by atoms with van der Waals surface area (Å²) in [5.41, 5.74) is 3.71. The number of nitrogens with zero attached hydrogens (tertiary/aromatic N) is 1. The number of rotatable bonds is 4. The second-order valence-electron chi connectivity index (χ2n) is 5.93. The van der Waals surface area contributed by atoms with Crippen LogP contribution >= 0.6 is 0 Å². The Bertz CT molecular complexity index is 535. The highest BCUT2D eigenvalue weighted by Crippen LogP contribution is 2.27. The molecule has 2 heteroatoms. The van der Waals surface area contributed by atoms with Crippen molar-refractivity contribution in [3.05, 3.63) is 29.6 Å². The first-order chi connectivity index (χ1) is 9.35. The lowest BCUT2D eigenvalue weighted by Crippen LogP contribution is -2.07. The maximum absolute atomic E-state index is 4.72. The van der Waals surface area contributed by atoms with Crippen LogP contribution in [0.1, 0.15) is 56.8 Å². The number of aryl methyl sites for hydroxylation is 2. The van der Waals surface area contributed by atoms with Gasteiger partial charge in [-0.1, -0.05) is 45.1 Å². The summed E-state index contributed by atoms with van der Waals surface area (Å²) in [5, 5.41) is 0. The molecular weight excluding hydrogens is 232 g/mol. The maximum atomic E-state index is 4.72. The lowest BCUT2D eigenvalue weighted by atomic mass is 9.86. The molecule has 1 aromatic carbocycles. The normalized spacial score (nSPS) is 17.1. The van der Waals surface area contributed by atoms with Crippen LogP contribution in [0.5, 0.6) is 0 Å². The Labute approximate surface area is 115 Å². The highest BCUT2D eigenvalue weighted by Gasteiger charge is 2.14. The van der Waals surface area contributed by atoms with Gasteiger partial charge in [0.25, 0.3) is 0 Å². The summed E-state index contributed by atoms with van der Waals surface area (Å²) in [4.78, 5) is 8.22. The third-order valence-electron chi connectivity index (χ3n) is 4.52. The summed E-state index contributed by atoms with van der Waals surface area (Å²) < 4.78 is 0. The lowest BCUT2D eigenvalue weighted by molar-refractivity contribution is 0.337. The van der Waals surface area contributed by atoms with E-state index in [-0.39, 0.29) is 0 Å². The Morgan fingerprint density at radius 1 is 1.21 bits per heavy atom. The Morgan fingerprint density at radius 3 is 2.84 bits per heavy atom. The van der Waals surface area contributed by atoms with Gasteiger partial charge in [0.05, 0.1) is 11.0 Å². The molecule has 0 aliphatic heterocycles. The molecule has 1 heterocycles. The van der Waals surface area contributed by atoms with E-state index in [1.54, 1.807) is 0 Å². The molecule has 2 nitrogen and oxygen atoms in total. The van der Waals surface area contributed by atoms with E-state index >= 15 is 0 Å². The fourth-order valence-electron chi connectivity index (χ4n) is 3.26. The molecule has 0 amide bonds. The van der Waals surface area contributed by atoms with Crippen molar-refractivity contribution in [1.29, 1.82) is 0 Å². The number of hydrogen-bond acceptors (Lipinski definition) is 1. The molecule has 102 valence electrons. The van der Waals surface area contributed by atoms with E-state index in [1.807, 2.05) is 0 Å². The van der Waals surface area contributed by atoms with Crippen molar-refractivity contribution in [2.24, 2.45) is 5.92 Å². The first-order valence-electron chi connectivity index (χ1n) is 7.82. The van der Waals surface area contributed by atoms with Crippen molar-refractivity contribution in [1.82, 2.24) is 9.97 Å². The number of fused-ring (bicyclic) bond motifs is 1. The van der Waals surface area contributed by atoms with Gasteiger partial charge in [0.1, 0.15) is 5.82 Å². The Kier molecular flexibility index (Phi) is 3.86. The number of H-pyrrole nitrogens is 1. The van der Waals surface area contributed by atoms with E-state index in [0.29, 0.717) is 0 Å². The van der Waals surface area contributed by atoms with E-state index in [4.69, 9.17) is 4.98 Å². The summed E-state index contributed by atoms with van der Waals surface area (Å²) in [6.07, 6.45) is 10.7. The van der Waals surface area contributed by atoms with Crippen molar-refractivity contribution in [2.45, 2.75) is 58.3 Å². The van der Waals surface area contributed by atoms with E-state index in [0.717, 1.165) is 24.3 Å². The Morgan fingerprint density at radius 2 is 2.05 bits per heavy atom. The molecule has 3 rings (SSSR count). The summed E-state index contributed by atoms with van der Waals surface area (Å²) >= 11 is 0. The third kappa shape index (κ3) is 2.99. The first-order valence-corrected chi connectivity index (χ1v) is 7.82. The minimum atomic E-state index is 0.938. The molecular formula is C17H24N2. The minimum absolute atomic E-state index is 0.938. The molecule has 0 radical (unpaired) electrons. The van der Waals surface area contributed by atoms with Crippen molar-refractivity contribution in [2.75, 3.05) is 0 Å². The molecule has 0 spiro atoms. The first kappa shape index (κ1) is 12.7. The van der Waals surface area contributed by atoms with Gasteiger partial charge in [-0.25, -0.2) is 4.98 Å². The van der Waals surface area contributed by atoms with Crippen LogP contribution in [0, 0.1) is 5.92 Å². The van der Waals surface area contributed by atoms with Crippen LogP contribution in [-0.2, 0) is 12.8 Å². The second-order valence-corrected chi connectivity index (χ2v) is 5.93. The summed E-state index contributed by atoms with van der Waals surface area (Å²) in [6.45, 7) is 2.20. The largest absolute Gasteiger partial charge is 0.342 e. The topological polar surface area (TPSA) is 28.7 Å². The number of hydrogen-bond donors (Lipinski definition) is 1. The molecule has 19 heavy (non-hydrogen) atoms. The molecule has 1 saturated carbocycles. The quantitative estimate of drug-likeness (QED) is 0.848. The smallest absolute Gasteiger partial charge is 0.107 e. The Hall–Kier alpha value is -1.31. The van der Waals surface area contributed by atoms with Gasteiger partial charge in [0.15, 0.2) is 0 Å².